The molecule has 1 aromatic heterocycles. The SMILES string of the molecule is C[C@H](NP(=O)(OC[C@H]1O[C@@H](n2ccc(=O)[nH]c2=O)C(C)(F)[C@@H]1O)Oc1ccc(Br)cc1)C(=O)OC1CCCCC1. The van der Waals surface area contributed by atoms with Crippen LogP contribution >= 0.6 is 23.7 Å². The minimum absolute atomic E-state index is 0.146. The van der Waals surface area contributed by atoms with Crippen LogP contribution in [0.5, 0.6) is 5.75 Å². The Morgan fingerprint density at radius 1 is 1.27 bits per heavy atom. The maximum absolute atomic E-state index is 15.6. The Morgan fingerprint density at radius 3 is 2.60 bits per heavy atom. The van der Waals surface area contributed by atoms with Gasteiger partial charge in [0.05, 0.1) is 6.61 Å². The average Bonchev–Trinajstić information content (AvgIpc) is 3.13. The largest absolute Gasteiger partial charge is 0.461 e. The standard InChI is InChI=1S/C25H32BrFN3O9P/c1-15(22(33)37-17-6-4-3-5-7-17)29-40(35,39-18-10-8-16(26)9-11-18)36-14-19-21(32)25(2,27)23(38-19)30-13-12-20(31)28-24(30)34/h8-13,15,17,19,21,23,32H,3-7,14H2,1-2H3,(H,29,35)(H,28,31,34)/t15-,19+,21+,23+,25?,40?/m0/s1. The van der Waals surface area contributed by atoms with Gasteiger partial charge in [0.25, 0.3) is 5.56 Å². The van der Waals surface area contributed by atoms with E-state index in [-0.39, 0.29) is 11.9 Å². The van der Waals surface area contributed by atoms with Crippen LogP contribution in [0.3, 0.4) is 0 Å². The smallest absolute Gasteiger partial charge is 0.459 e. The lowest BCUT2D eigenvalue weighted by molar-refractivity contribution is -0.152. The summed E-state index contributed by atoms with van der Waals surface area (Å²) in [6.45, 7) is 1.84. The molecule has 2 heterocycles. The summed E-state index contributed by atoms with van der Waals surface area (Å²) >= 11 is 3.30. The molecular weight excluding hydrogens is 616 g/mol. The zero-order chi connectivity index (χ0) is 29.1. The molecule has 1 saturated heterocycles. The molecule has 2 aliphatic rings. The number of carbonyl (C=O) groups excluding carboxylic acids is 1. The number of benzene rings is 1. The molecule has 40 heavy (non-hydrogen) atoms. The molecule has 2 fully saturated rings. The second kappa shape index (κ2) is 12.7. The lowest BCUT2D eigenvalue weighted by atomic mass is 9.98. The van der Waals surface area contributed by atoms with Gasteiger partial charge in [0.2, 0.25) is 0 Å². The molecule has 6 atom stereocenters. The number of aliphatic hydroxyl groups is 1. The van der Waals surface area contributed by atoms with E-state index in [9.17, 15) is 24.1 Å². The molecule has 0 bridgehead atoms. The number of hydrogen-bond acceptors (Lipinski definition) is 9. The van der Waals surface area contributed by atoms with Gasteiger partial charge in [-0.25, -0.2) is 13.8 Å². The number of nitrogens with zero attached hydrogens (tertiary/aromatic N) is 1. The van der Waals surface area contributed by atoms with Crippen LogP contribution < -0.4 is 20.9 Å². The van der Waals surface area contributed by atoms with Gasteiger partial charge >= 0.3 is 19.4 Å². The fourth-order valence-corrected chi connectivity index (χ4v) is 6.36. The Bertz CT molecular complexity index is 1350. The molecule has 15 heteroatoms. The number of aromatic amines is 1. The summed E-state index contributed by atoms with van der Waals surface area (Å²) in [5.41, 5.74) is -4.11. The number of H-pyrrole nitrogens is 1. The molecule has 4 rings (SSSR count). The Balaban J connectivity index is 1.49. The third kappa shape index (κ3) is 7.29. The molecule has 2 aromatic rings. The van der Waals surface area contributed by atoms with Crippen molar-refractivity contribution >= 4 is 29.6 Å². The number of rotatable bonds is 10. The number of nitrogens with one attached hydrogen (secondary N) is 2. The fraction of sp³-hybridized carbons (Fsp3) is 0.560. The van der Waals surface area contributed by atoms with Crippen molar-refractivity contribution < 1.29 is 37.4 Å². The summed E-state index contributed by atoms with van der Waals surface area (Å²) in [6.07, 6.45) is 0.479. The molecule has 3 N–H and O–H groups in total. The van der Waals surface area contributed by atoms with E-state index in [0.717, 1.165) is 60.3 Å². The van der Waals surface area contributed by atoms with Crippen LogP contribution in [-0.2, 0) is 23.4 Å². The third-order valence-electron chi connectivity index (χ3n) is 6.81. The number of aliphatic hydroxyl groups excluding tert-OH is 1. The first-order valence-electron chi connectivity index (χ1n) is 12.9. The van der Waals surface area contributed by atoms with Crippen LogP contribution in [0.15, 0.2) is 50.6 Å². The Hall–Kier alpha value is -2.35. The van der Waals surface area contributed by atoms with Gasteiger partial charge in [-0.15, -0.1) is 0 Å². The number of carbonyl (C=O) groups is 1. The van der Waals surface area contributed by atoms with Crippen LogP contribution in [-0.4, -0.2) is 57.3 Å². The first-order valence-corrected chi connectivity index (χ1v) is 15.2. The van der Waals surface area contributed by atoms with Crippen molar-refractivity contribution in [2.24, 2.45) is 0 Å². The summed E-state index contributed by atoms with van der Waals surface area (Å²) < 4.78 is 53.3. The Labute approximate surface area is 237 Å². The first kappa shape index (κ1) is 30.6. The van der Waals surface area contributed by atoms with Gasteiger partial charge in [0.1, 0.15) is 30.1 Å². The lowest BCUT2D eigenvalue weighted by Crippen LogP contribution is -2.44. The molecule has 0 radical (unpaired) electrons. The van der Waals surface area contributed by atoms with E-state index < -0.39 is 61.7 Å². The van der Waals surface area contributed by atoms with Crippen LogP contribution in [0.4, 0.5) is 4.39 Å². The second-order valence-corrected chi connectivity index (χ2v) is 12.6. The molecule has 220 valence electrons. The zero-order valence-electron chi connectivity index (χ0n) is 22.0. The number of ether oxygens (including phenoxy) is 2. The quantitative estimate of drug-likeness (QED) is 0.258. The Morgan fingerprint density at radius 2 is 1.95 bits per heavy atom. The van der Waals surface area contributed by atoms with Crippen molar-refractivity contribution in [3.05, 3.63) is 61.8 Å². The van der Waals surface area contributed by atoms with E-state index in [1.54, 1.807) is 12.1 Å². The maximum Gasteiger partial charge on any atom is 0.459 e. The highest BCUT2D eigenvalue weighted by atomic mass is 79.9. The number of hydrogen-bond donors (Lipinski definition) is 3. The van der Waals surface area contributed by atoms with E-state index in [1.165, 1.54) is 19.1 Å². The summed E-state index contributed by atoms with van der Waals surface area (Å²) in [6, 6.07) is 6.23. The minimum atomic E-state index is -4.34. The summed E-state index contributed by atoms with van der Waals surface area (Å²) in [5, 5.41) is 13.2. The van der Waals surface area contributed by atoms with E-state index in [1.807, 2.05) is 4.98 Å². The van der Waals surface area contributed by atoms with Crippen molar-refractivity contribution in [2.75, 3.05) is 6.61 Å². The third-order valence-corrected chi connectivity index (χ3v) is 8.98. The van der Waals surface area contributed by atoms with Gasteiger partial charge in [0.15, 0.2) is 11.9 Å². The number of aromatic nitrogens is 2. The van der Waals surface area contributed by atoms with Crippen molar-refractivity contribution in [3.63, 3.8) is 0 Å². The minimum Gasteiger partial charge on any atom is -0.461 e. The predicted octanol–water partition coefficient (Wildman–Crippen LogP) is 3.34. The van der Waals surface area contributed by atoms with Gasteiger partial charge in [-0.2, -0.15) is 5.09 Å². The van der Waals surface area contributed by atoms with Crippen molar-refractivity contribution in [1.29, 1.82) is 0 Å². The van der Waals surface area contributed by atoms with Gasteiger partial charge < -0.3 is 19.1 Å². The predicted molar refractivity (Wildman–Crippen MR) is 145 cm³/mol. The van der Waals surface area contributed by atoms with Crippen LogP contribution in [0, 0.1) is 0 Å². The van der Waals surface area contributed by atoms with Crippen LogP contribution in [0.1, 0.15) is 52.2 Å². The highest BCUT2D eigenvalue weighted by Gasteiger charge is 2.56. The molecule has 1 saturated carbocycles. The lowest BCUT2D eigenvalue weighted by Gasteiger charge is -2.27. The molecule has 1 aliphatic heterocycles. The monoisotopic (exact) mass is 647 g/mol. The van der Waals surface area contributed by atoms with Crippen molar-refractivity contribution in [1.82, 2.24) is 14.6 Å². The fourth-order valence-electron chi connectivity index (χ4n) is 4.60. The second-order valence-electron chi connectivity index (χ2n) is 10.0. The summed E-state index contributed by atoms with van der Waals surface area (Å²) in [4.78, 5) is 38.4. The van der Waals surface area contributed by atoms with E-state index in [4.69, 9.17) is 18.5 Å². The van der Waals surface area contributed by atoms with E-state index >= 15 is 4.39 Å². The van der Waals surface area contributed by atoms with E-state index in [0.29, 0.717) is 0 Å². The topological polar surface area (TPSA) is 158 Å². The van der Waals surface area contributed by atoms with E-state index in [2.05, 4.69) is 21.0 Å². The summed E-state index contributed by atoms with van der Waals surface area (Å²) in [7, 11) is -4.34. The van der Waals surface area contributed by atoms with Gasteiger partial charge in [-0.05, 0) is 63.8 Å². The molecule has 1 aromatic carbocycles. The van der Waals surface area contributed by atoms with Crippen molar-refractivity contribution in [3.8, 4) is 5.75 Å². The molecule has 12 nitrogen and oxygen atoms in total. The normalized spacial score (nSPS) is 27.6. The van der Waals surface area contributed by atoms with Gasteiger partial charge in [0, 0.05) is 16.7 Å². The maximum atomic E-state index is 15.6. The average molecular weight is 648 g/mol. The number of halogens is 2. The van der Waals surface area contributed by atoms with Crippen molar-refractivity contribution in [2.45, 2.75) is 82.2 Å². The number of alkyl halides is 1. The van der Waals surface area contributed by atoms with Gasteiger partial charge in [-0.1, -0.05) is 22.4 Å². The van der Waals surface area contributed by atoms with Crippen LogP contribution in [0.25, 0.3) is 0 Å². The molecule has 1 aliphatic carbocycles. The van der Waals surface area contributed by atoms with Gasteiger partial charge in [-0.3, -0.25) is 23.7 Å². The number of esters is 1. The highest BCUT2D eigenvalue weighted by molar-refractivity contribution is 9.10. The molecular formula is C25H32BrFN3O9P. The first-order chi connectivity index (χ1) is 18.9. The molecule has 0 spiro atoms. The molecule has 0 amide bonds. The van der Waals surface area contributed by atoms with Crippen LogP contribution in [0.2, 0.25) is 0 Å². The molecule has 2 unspecified atom stereocenters. The summed E-state index contributed by atoms with van der Waals surface area (Å²) in [5.74, 6) is -0.492. The zero-order valence-corrected chi connectivity index (χ0v) is 24.4. The Kier molecular flexibility index (Phi) is 9.69. The highest BCUT2D eigenvalue weighted by Crippen LogP contribution is 2.47.